The molecule has 126 valence electrons. The van der Waals surface area contributed by atoms with Crippen molar-refractivity contribution in [3.8, 4) is 11.8 Å². The van der Waals surface area contributed by atoms with Crippen LogP contribution in [0.5, 0.6) is 0 Å². The zero-order valence-electron chi connectivity index (χ0n) is 14.0. The maximum Gasteiger partial charge on any atom is 0.312 e. The third kappa shape index (κ3) is 1.92. The third-order valence-electron chi connectivity index (χ3n) is 6.70. The van der Waals surface area contributed by atoms with Gasteiger partial charge < -0.3 is 0 Å². The molecular formula is C19H21NO3S. The summed E-state index contributed by atoms with van der Waals surface area (Å²) in [6.45, 7) is 4.34. The second-order valence-electron chi connectivity index (χ2n) is 7.84. The molecule has 0 N–H and O–H groups in total. The van der Waals surface area contributed by atoms with E-state index in [1.54, 1.807) is 12.1 Å². The van der Waals surface area contributed by atoms with Crippen LogP contribution in [0.25, 0.3) is 0 Å². The number of sulfonamides is 1. The van der Waals surface area contributed by atoms with E-state index in [-0.39, 0.29) is 22.6 Å². The highest BCUT2D eigenvalue weighted by Crippen LogP contribution is 2.69. The summed E-state index contributed by atoms with van der Waals surface area (Å²) in [4.78, 5) is 12.6. The van der Waals surface area contributed by atoms with Gasteiger partial charge in [0.25, 0.3) is 0 Å². The first-order chi connectivity index (χ1) is 11.3. The van der Waals surface area contributed by atoms with Crippen LogP contribution >= 0.6 is 0 Å². The summed E-state index contributed by atoms with van der Waals surface area (Å²) >= 11 is 0. The molecule has 2 saturated carbocycles. The number of carbonyl (C=O) groups excluding carboxylic acids is 1. The van der Waals surface area contributed by atoms with Crippen LogP contribution in [-0.4, -0.2) is 30.4 Å². The topological polar surface area (TPSA) is 54.5 Å². The number of amides is 1. The van der Waals surface area contributed by atoms with E-state index in [1.807, 2.05) is 18.2 Å². The maximum atomic E-state index is 12.7. The highest BCUT2D eigenvalue weighted by Gasteiger charge is 2.72. The van der Waals surface area contributed by atoms with Crippen molar-refractivity contribution in [2.24, 2.45) is 16.7 Å². The fourth-order valence-electron chi connectivity index (χ4n) is 5.26. The largest absolute Gasteiger partial charge is 0.312 e. The number of rotatable bonds is 0. The van der Waals surface area contributed by atoms with Crippen LogP contribution in [0.3, 0.4) is 0 Å². The Bertz CT molecular complexity index is 863. The Kier molecular flexibility index (Phi) is 3.18. The van der Waals surface area contributed by atoms with Gasteiger partial charge in [0.15, 0.2) is 0 Å². The molecule has 3 atom stereocenters. The van der Waals surface area contributed by atoms with Gasteiger partial charge in [-0.05, 0) is 42.7 Å². The average Bonchev–Trinajstić information content (AvgIpc) is 3.01. The Labute approximate surface area is 143 Å². The van der Waals surface area contributed by atoms with Crippen LogP contribution in [-0.2, 0) is 14.8 Å². The van der Waals surface area contributed by atoms with Crippen LogP contribution in [0, 0.1) is 28.6 Å². The molecule has 1 heterocycles. The first-order valence-corrected chi connectivity index (χ1v) is 10.0. The Morgan fingerprint density at radius 3 is 2.62 bits per heavy atom. The van der Waals surface area contributed by atoms with Crippen molar-refractivity contribution < 1.29 is 13.2 Å². The molecule has 24 heavy (non-hydrogen) atoms. The van der Waals surface area contributed by atoms with E-state index in [0.717, 1.165) is 23.6 Å². The van der Waals surface area contributed by atoms with Crippen molar-refractivity contribution in [2.75, 3.05) is 5.75 Å². The van der Waals surface area contributed by atoms with Gasteiger partial charge in [-0.25, -0.2) is 12.7 Å². The van der Waals surface area contributed by atoms with Gasteiger partial charge in [-0.3, -0.25) is 4.79 Å². The minimum atomic E-state index is -3.58. The third-order valence-corrected chi connectivity index (χ3v) is 8.60. The summed E-state index contributed by atoms with van der Waals surface area (Å²) in [7, 11) is -3.58. The highest BCUT2D eigenvalue weighted by atomic mass is 32.2. The molecule has 4 rings (SSSR count). The van der Waals surface area contributed by atoms with E-state index in [9.17, 15) is 13.2 Å². The first kappa shape index (κ1) is 15.7. The molecule has 4 nitrogen and oxygen atoms in total. The summed E-state index contributed by atoms with van der Waals surface area (Å²) in [6, 6.07) is 8.96. The predicted molar refractivity (Wildman–Crippen MR) is 91.3 cm³/mol. The smallest absolute Gasteiger partial charge is 0.258 e. The quantitative estimate of drug-likeness (QED) is 0.680. The molecule has 3 fully saturated rings. The minimum absolute atomic E-state index is 0.0351. The average molecular weight is 343 g/mol. The number of hydrogen-bond donors (Lipinski definition) is 0. The van der Waals surface area contributed by atoms with E-state index in [4.69, 9.17) is 0 Å². The van der Waals surface area contributed by atoms with Gasteiger partial charge in [-0.15, -0.1) is 0 Å². The zero-order valence-corrected chi connectivity index (χ0v) is 14.8. The lowest BCUT2D eigenvalue weighted by Gasteiger charge is -2.36. The number of carbonyl (C=O) groups is 1. The van der Waals surface area contributed by atoms with Crippen LogP contribution in [0.1, 0.15) is 38.7 Å². The first-order valence-electron chi connectivity index (χ1n) is 8.41. The number of hydrogen-bond acceptors (Lipinski definition) is 3. The van der Waals surface area contributed by atoms with Gasteiger partial charge in [0.1, 0.15) is 0 Å². The molecule has 1 aromatic rings. The highest BCUT2D eigenvalue weighted by molar-refractivity contribution is 7.90. The summed E-state index contributed by atoms with van der Waals surface area (Å²) in [6.07, 6.45) is 2.74. The molecule has 0 radical (unpaired) electrons. The standard InChI is InChI=1S/C19H21NO3S/c1-18(2)15-10-11-19(18)13-24(22,23)20(16(19)12-15)17(21)9-8-14-6-4-3-5-7-14/h3-7,15-16H,10-13H2,1-2H3. The van der Waals surface area contributed by atoms with Gasteiger partial charge in [-0.2, -0.15) is 0 Å². The van der Waals surface area contributed by atoms with Crippen LogP contribution < -0.4 is 0 Å². The van der Waals surface area contributed by atoms with E-state index in [0.29, 0.717) is 11.5 Å². The van der Waals surface area contributed by atoms with Gasteiger partial charge in [-0.1, -0.05) is 38.0 Å². The lowest BCUT2D eigenvalue weighted by atomic mass is 9.69. The molecule has 0 aromatic heterocycles. The molecule has 2 bridgehead atoms. The van der Waals surface area contributed by atoms with Crippen molar-refractivity contribution >= 4 is 15.9 Å². The molecule has 1 spiro atoms. The fraction of sp³-hybridized carbons (Fsp3) is 0.526. The number of fused-ring (bicyclic) bond motifs is 1. The second kappa shape index (κ2) is 4.86. The summed E-state index contributed by atoms with van der Waals surface area (Å²) in [5.41, 5.74) is 0.387. The van der Waals surface area contributed by atoms with Crippen molar-refractivity contribution in [2.45, 2.75) is 39.2 Å². The Morgan fingerprint density at radius 1 is 1.25 bits per heavy atom. The predicted octanol–water partition coefficient (Wildman–Crippen LogP) is 2.41. The van der Waals surface area contributed by atoms with E-state index in [1.165, 1.54) is 0 Å². The minimum Gasteiger partial charge on any atom is -0.258 e. The Hall–Kier alpha value is -1.80. The van der Waals surface area contributed by atoms with Crippen molar-refractivity contribution in [1.82, 2.24) is 4.31 Å². The van der Waals surface area contributed by atoms with Crippen LogP contribution in [0.15, 0.2) is 30.3 Å². The molecule has 2 aliphatic carbocycles. The summed E-state index contributed by atoms with van der Waals surface area (Å²) in [5.74, 6) is 5.35. The van der Waals surface area contributed by atoms with E-state index >= 15 is 0 Å². The van der Waals surface area contributed by atoms with Gasteiger partial charge in [0.05, 0.1) is 11.8 Å². The van der Waals surface area contributed by atoms with Crippen molar-refractivity contribution in [3.63, 3.8) is 0 Å². The van der Waals surface area contributed by atoms with Crippen molar-refractivity contribution in [3.05, 3.63) is 35.9 Å². The maximum absolute atomic E-state index is 12.7. The SMILES string of the molecule is CC1(C)C2CCC13CS(=O)(=O)N(C(=O)C#Cc1ccccc1)C3C2. The number of nitrogens with zero attached hydrogens (tertiary/aromatic N) is 1. The summed E-state index contributed by atoms with van der Waals surface area (Å²) in [5, 5.41) is 0. The van der Waals surface area contributed by atoms with Crippen LogP contribution in [0.4, 0.5) is 0 Å². The second-order valence-corrected chi connectivity index (χ2v) is 9.68. The summed E-state index contributed by atoms with van der Waals surface area (Å²) < 4.78 is 26.6. The molecule has 5 heteroatoms. The molecule has 1 saturated heterocycles. The Morgan fingerprint density at radius 2 is 1.96 bits per heavy atom. The number of benzene rings is 1. The van der Waals surface area contributed by atoms with Crippen LogP contribution in [0.2, 0.25) is 0 Å². The van der Waals surface area contributed by atoms with Crippen molar-refractivity contribution in [1.29, 1.82) is 0 Å². The molecular weight excluding hydrogens is 322 g/mol. The molecule has 3 aliphatic rings. The normalized spacial score (nSPS) is 34.5. The van der Waals surface area contributed by atoms with Gasteiger partial charge in [0, 0.05) is 16.9 Å². The Balaban J connectivity index is 1.69. The fourth-order valence-corrected chi connectivity index (χ4v) is 7.73. The lowest BCUT2D eigenvalue weighted by molar-refractivity contribution is -0.123. The molecule has 3 unspecified atom stereocenters. The van der Waals surface area contributed by atoms with E-state index < -0.39 is 15.9 Å². The molecule has 1 amide bonds. The zero-order chi connectivity index (χ0) is 17.2. The molecule has 1 aromatic carbocycles. The lowest BCUT2D eigenvalue weighted by Crippen LogP contribution is -2.43. The van der Waals surface area contributed by atoms with Gasteiger partial charge in [0.2, 0.25) is 10.0 Å². The molecule has 1 aliphatic heterocycles. The van der Waals surface area contributed by atoms with Gasteiger partial charge >= 0.3 is 5.91 Å². The van der Waals surface area contributed by atoms with E-state index in [2.05, 4.69) is 25.7 Å². The monoisotopic (exact) mass is 343 g/mol.